The van der Waals surface area contributed by atoms with Gasteiger partial charge in [-0.1, -0.05) is 6.07 Å². The third-order valence-corrected chi connectivity index (χ3v) is 3.95. The Hall–Kier alpha value is -2.24. The molecule has 0 spiro atoms. The number of ether oxygens (including phenoxy) is 1. The third kappa shape index (κ3) is 2.79. The number of carbonyl (C=O) groups excluding carboxylic acids is 1. The number of likely N-dealkylation sites (tertiary alicyclic amines) is 1. The molecule has 2 aliphatic rings. The highest BCUT2D eigenvalue weighted by Crippen LogP contribution is 2.33. The van der Waals surface area contributed by atoms with Gasteiger partial charge in [0, 0.05) is 26.1 Å². The second-order valence-electron chi connectivity index (χ2n) is 5.46. The van der Waals surface area contributed by atoms with Crippen molar-refractivity contribution in [2.24, 2.45) is 5.92 Å². The summed E-state index contributed by atoms with van der Waals surface area (Å²) in [6, 6.07) is 5.49. The molecule has 0 bridgehead atoms. The van der Waals surface area contributed by atoms with Crippen LogP contribution in [0.15, 0.2) is 18.2 Å². The van der Waals surface area contributed by atoms with Crippen molar-refractivity contribution in [1.82, 2.24) is 4.90 Å². The molecule has 2 N–H and O–H groups in total. The molecule has 1 unspecified atom stereocenters. The van der Waals surface area contributed by atoms with Crippen molar-refractivity contribution in [3.8, 4) is 5.75 Å². The first-order chi connectivity index (χ1) is 10.1. The predicted octanol–water partition coefficient (Wildman–Crippen LogP) is 1.43. The fraction of sp³-hybridized carbons (Fsp3) is 0.467. The molecular weight excluding hydrogens is 272 g/mol. The molecule has 1 fully saturated rings. The van der Waals surface area contributed by atoms with Crippen molar-refractivity contribution >= 4 is 17.6 Å². The second kappa shape index (κ2) is 5.63. The molecule has 0 saturated carbocycles. The number of amides is 1. The summed E-state index contributed by atoms with van der Waals surface area (Å²) >= 11 is 0. The number of rotatable bonds is 3. The average Bonchev–Trinajstić information content (AvgIpc) is 2.93. The smallest absolute Gasteiger partial charge is 0.303 e. The van der Waals surface area contributed by atoms with Crippen molar-refractivity contribution in [1.29, 1.82) is 0 Å². The van der Waals surface area contributed by atoms with Crippen LogP contribution in [0.3, 0.4) is 0 Å². The summed E-state index contributed by atoms with van der Waals surface area (Å²) in [6.45, 7) is 2.38. The summed E-state index contributed by atoms with van der Waals surface area (Å²) in [5, 5.41) is 12.1. The number of benzene rings is 1. The first-order valence-corrected chi connectivity index (χ1v) is 7.16. The minimum atomic E-state index is -0.807. The van der Waals surface area contributed by atoms with Gasteiger partial charge >= 0.3 is 5.97 Å². The van der Waals surface area contributed by atoms with E-state index in [1.165, 1.54) is 0 Å². The van der Waals surface area contributed by atoms with E-state index in [1.807, 2.05) is 12.1 Å². The van der Waals surface area contributed by atoms with E-state index in [0.29, 0.717) is 31.0 Å². The number of nitrogens with zero attached hydrogens (tertiary/aromatic N) is 1. The van der Waals surface area contributed by atoms with Gasteiger partial charge in [-0.25, -0.2) is 0 Å². The number of nitrogens with one attached hydrogen (secondary N) is 1. The van der Waals surface area contributed by atoms with Gasteiger partial charge in [0.05, 0.1) is 11.3 Å². The number of anilines is 1. The van der Waals surface area contributed by atoms with Gasteiger partial charge in [0.1, 0.15) is 6.61 Å². The van der Waals surface area contributed by atoms with E-state index < -0.39 is 5.97 Å². The zero-order valence-corrected chi connectivity index (χ0v) is 11.7. The Labute approximate surface area is 122 Å². The molecule has 2 heterocycles. The summed E-state index contributed by atoms with van der Waals surface area (Å²) in [7, 11) is 0. The third-order valence-electron chi connectivity index (χ3n) is 3.95. The van der Waals surface area contributed by atoms with Crippen molar-refractivity contribution in [2.75, 3.05) is 31.6 Å². The number of carboxylic acid groups (broad SMARTS) is 1. The number of hydrogen-bond acceptors (Lipinski definition) is 4. The largest absolute Gasteiger partial charge is 0.489 e. The van der Waals surface area contributed by atoms with Gasteiger partial charge in [-0.2, -0.15) is 0 Å². The highest BCUT2D eigenvalue weighted by molar-refractivity contribution is 5.99. The van der Waals surface area contributed by atoms with E-state index in [4.69, 9.17) is 9.84 Å². The fourth-order valence-corrected chi connectivity index (χ4v) is 2.94. The monoisotopic (exact) mass is 290 g/mol. The molecule has 0 aliphatic carbocycles. The molecule has 6 heteroatoms. The molecular formula is C15H18N2O4. The number of carbonyl (C=O) groups is 2. The Balaban J connectivity index is 1.76. The minimum Gasteiger partial charge on any atom is -0.489 e. The Morgan fingerprint density at radius 3 is 3.10 bits per heavy atom. The van der Waals surface area contributed by atoms with Gasteiger partial charge in [0.25, 0.3) is 5.91 Å². The van der Waals surface area contributed by atoms with Crippen molar-refractivity contribution in [3.05, 3.63) is 23.8 Å². The minimum absolute atomic E-state index is 0.0463. The van der Waals surface area contributed by atoms with E-state index in [2.05, 4.69) is 5.32 Å². The number of carboxylic acids is 1. The lowest BCUT2D eigenvalue weighted by atomic mass is 10.1. The van der Waals surface area contributed by atoms with E-state index in [0.717, 1.165) is 18.7 Å². The quantitative estimate of drug-likeness (QED) is 0.880. The number of aliphatic carboxylic acids is 1. The summed E-state index contributed by atoms with van der Waals surface area (Å²) in [5.74, 6) is -0.233. The molecule has 1 aromatic carbocycles. The molecule has 3 rings (SSSR count). The maximum Gasteiger partial charge on any atom is 0.303 e. The molecule has 21 heavy (non-hydrogen) atoms. The summed E-state index contributed by atoms with van der Waals surface area (Å²) < 4.78 is 5.62. The molecule has 1 atom stereocenters. The molecule has 112 valence electrons. The van der Waals surface area contributed by atoms with Crippen LogP contribution in [0.2, 0.25) is 0 Å². The standard InChI is InChI=1S/C15H18N2O4/c18-13(19)8-10-4-6-17(9-10)15(20)11-2-1-3-12-14(11)21-7-5-16-12/h1-3,10,16H,4-9H2,(H,18,19). The van der Waals surface area contributed by atoms with Crippen molar-refractivity contribution < 1.29 is 19.4 Å². The number of fused-ring (bicyclic) bond motifs is 1. The van der Waals surface area contributed by atoms with Gasteiger partial charge in [-0.05, 0) is 24.5 Å². The fourth-order valence-electron chi connectivity index (χ4n) is 2.94. The van der Waals surface area contributed by atoms with Gasteiger partial charge in [-0.3, -0.25) is 9.59 Å². The molecule has 1 amide bonds. The number of hydrogen-bond donors (Lipinski definition) is 2. The van der Waals surface area contributed by atoms with Crippen LogP contribution in [0.25, 0.3) is 0 Å². The maximum absolute atomic E-state index is 12.6. The van der Waals surface area contributed by atoms with Gasteiger partial charge in [0.2, 0.25) is 0 Å². The first-order valence-electron chi connectivity index (χ1n) is 7.16. The second-order valence-corrected chi connectivity index (χ2v) is 5.46. The van der Waals surface area contributed by atoms with Crippen LogP contribution < -0.4 is 10.1 Å². The summed E-state index contributed by atoms with van der Waals surface area (Å²) in [4.78, 5) is 25.1. The summed E-state index contributed by atoms with van der Waals surface area (Å²) in [5.41, 5.74) is 1.39. The Bertz CT molecular complexity index is 573. The Morgan fingerprint density at radius 1 is 1.43 bits per heavy atom. The highest BCUT2D eigenvalue weighted by Gasteiger charge is 2.30. The van der Waals surface area contributed by atoms with Crippen molar-refractivity contribution in [2.45, 2.75) is 12.8 Å². The predicted molar refractivity (Wildman–Crippen MR) is 76.7 cm³/mol. The molecule has 1 saturated heterocycles. The highest BCUT2D eigenvalue weighted by atomic mass is 16.5. The van der Waals surface area contributed by atoms with Crippen LogP contribution in [0.1, 0.15) is 23.2 Å². The topological polar surface area (TPSA) is 78.9 Å². The lowest BCUT2D eigenvalue weighted by Crippen LogP contribution is -2.30. The lowest BCUT2D eigenvalue weighted by molar-refractivity contribution is -0.138. The average molecular weight is 290 g/mol. The number of para-hydroxylation sites is 1. The SMILES string of the molecule is O=C(O)CC1CCN(C(=O)c2cccc3c2OCCN3)C1. The van der Waals surface area contributed by atoms with E-state index in [9.17, 15) is 9.59 Å². The van der Waals surface area contributed by atoms with Crippen LogP contribution in [0.5, 0.6) is 5.75 Å². The molecule has 0 radical (unpaired) electrons. The van der Waals surface area contributed by atoms with Crippen LogP contribution in [0, 0.1) is 5.92 Å². The van der Waals surface area contributed by atoms with E-state index >= 15 is 0 Å². The maximum atomic E-state index is 12.6. The van der Waals surface area contributed by atoms with Crippen LogP contribution in [-0.2, 0) is 4.79 Å². The zero-order chi connectivity index (χ0) is 14.8. The van der Waals surface area contributed by atoms with Crippen LogP contribution in [-0.4, -0.2) is 48.1 Å². The first kappa shape index (κ1) is 13.7. The summed E-state index contributed by atoms with van der Waals surface area (Å²) in [6.07, 6.45) is 0.862. The molecule has 0 aromatic heterocycles. The van der Waals surface area contributed by atoms with Crippen molar-refractivity contribution in [3.63, 3.8) is 0 Å². The zero-order valence-electron chi connectivity index (χ0n) is 11.7. The van der Waals surface area contributed by atoms with Crippen LogP contribution in [0.4, 0.5) is 5.69 Å². The lowest BCUT2D eigenvalue weighted by Gasteiger charge is -2.23. The van der Waals surface area contributed by atoms with E-state index in [-0.39, 0.29) is 18.2 Å². The van der Waals surface area contributed by atoms with Gasteiger partial charge in [0.15, 0.2) is 5.75 Å². The van der Waals surface area contributed by atoms with Gasteiger partial charge in [-0.15, -0.1) is 0 Å². The van der Waals surface area contributed by atoms with E-state index in [1.54, 1.807) is 11.0 Å². The Kier molecular flexibility index (Phi) is 3.68. The van der Waals surface area contributed by atoms with Crippen LogP contribution >= 0.6 is 0 Å². The molecule has 1 aromatic rings. The van der Waals surface area contributed by atoms with Gasteiger partial charge < -0.3 is 20.1 Å². The Morgan fingerprint density at radius 2 is 2.29 bits per heavy atom. The normalized spacial score (nSPS) is 20.4. The molecule has 6 nitrogen and oxygen atoms in total. The molecule has 2 aliphatic heterocycles.